The van der Waals surface area contributed by atoms with E-state index in [-0.39, 0.29) is 12.2 Å². The molecule has 0 aromatic heterocycles. The minimum absolute atomic E-state index is 0.0757. The molecule has 0 amide bonds. The Balaban J connectivity index is 2.47. The molecule has 0 atom stereocenters. The number of ether oxygens (including phenoxy) is 1. The van der Waals surface area contributed by atoms with Gasteiger partial charge in [-0.3, -0.25) is 0 Å². The lowest BCUT2D eigenvalue weighted by atomic mass is 10.0. The molecule has 1 heterocycles. The van der Waals surface area contributed by atoms with Crippen LogP contribution >= 0.6 is 15.9 Å². The second-order valence-electron chi connectivity index (χ2n) is 4.26. The topological polar surface area (TPSA) is 29.5 Å². The van der Waals surface area contributed by atoms with Crippen molar-refractivity contribution in [1.29, 1.82) is 0 Å². The van der Waals surface area contributed by atoms with Gasteiger partial charge in [0.2, 0.25) is 0 Å². The lowest BCUT2D eigenvalue weighted by Crippen LogP contribution is -2.24. The summed E-state index contributed by atoms with van der Waals surface area (Å²) in [6.07, 6.45) is 0.898. The van der Waals surface area contributed by atoms with E-state index >= 15 is 0 Å². The molecule has 14 heavy (non-hydrogen) atoms. The predicted octanol–water partition coefficient (Wildman–Crippen LogP) is 2.65. The lowest BCUT2D eigenvalue weighted by molar-refractivity contribution is 0.137. The molecule has 0 saturated carbocycles. The third kappa shape index (κ3) is 1.66. The maximum absolute atomic E-state index is 9.06. The summed E-state index contributed by atoms with van der Waals surface area (Å²) in [4.78, 5) is 0. The van der Waals surface area contributed by atoms with Crippen molar-refractivity contribution in [1.82, 2.24) is 0 Å². The van der Waals surface area contributed by atoms with Crippen LogP contribution in [0, 0.1) is 0 Å². The van der Waals surface area contributed by atoms with Crippen molar-refractivity contribution in [2.75, 3.05) is 0 Å². The molecule has 1 aliphatic rings. The van der Waals surface area contributed by atoms with Gasteiger partial charge >= 0.3 is 0 Å². The zero-order valence-corrected chi connectivity index (χ0v) is 9.89. The average Bonchev–Trinajstić information content (AvgIpc) is 2.40. The number of hydrogen-bond donors (Lipinski definition) is 1. The maximum atomic E-state index is 9.06. The fourth-order valence-corrected chi connectivity index (χ4v) is 2.45. The molecule has 2 nitrogen and oxygen atoms in total. The Kier molecular flexibility index (Phi) is 2.32. The van der Waals surface area contributed by atoms with Crippen molar-refractivity contribution in [3.05, 3.63) is 27.7 Å². The Morgan fingerprint density at radius 3 is 2.86 bits per heavy atom. The van der Waals surface area contributed by atoms with Crippen LogP contribution in [0.25, 0.3) is 0 Å². The molecule has 1 aromatic rings. The van der Waals surface area contributed by atoms with Gasteiger partial charge in [-0.2, -0.15) is 0 Å². The molecule has 0 radical (unpaired) electrons. The molecule has 1 N–H and O–H groups in total. The minimum Gasteiger partial charge on any atom is -0.486 e. The first-order valence-corrected chi connectivity index (χ1v) is 5.42. The van der Waals surface area contributed by atoms with Gasteiger partial charge < -0.3 is 9.84 Å². The zero-order chi connectivity index (χ0) is 10.3. The third-order valence-electron chi connectivity index (χ3n) is 2.36. The highest BCUT2D eigenvalue weighted by Gasteiger charge is 2.31. The molecule has 0 fully saturated rings. The smallest absolute Gasteiger partial charge is 0.137 e. The Morgan fingerprint density at radius 2 is 2.21 bits per heavy atom. The van der Waals surface area contributed by atoms with Gasteiger partial charge in [-0.25, -0.2) is 0 Å². The van der Waals surface area contributed by atoms with Crippen molar-refractivity contribution in [2.24, 2.45) is 0 Å². The first-order valence-electron chi connectivity index (χ1n) is 4.63. The van der Waals surface area contributed by atoms with Gasteiger partial charge in [0.25, 0.3) is 0 Å². The summed E-state index contributed by atoms with van der Waals surface area (Å²) in [5, 5.41) is 9.06. The summed E-state index contributed by atoms with van der Waals surface area (Å²) in [5.41, 5.74) is 1.98. The fourth-order valence-electron chi connectivity index (χ4n) is 1.82. The molecule has 0 spiro atoms. The van der Waals surface area contributed by atoms with Gasteiger partial charge in [0.05, 0.1) is 11.1 Å². The monoisotopic (exact) mass is 256 g/mol. The zero-order valence-electron chi connectivity index (χ0n) is 8.30. The Bertz CT molecular complexity index is 372. The van der Waals surface area contributed by atoms with Crippen LogP contribution in [0.1, 0.15) is 25.0 Å². The predicted molar refractivity (Wildman–Crippen MR) is 58.5 cm³/mol. The van der Waals surface area contributed by atoms with Crippen LogP contribution in [0.2, 0.25) is 0 Å². The number of aliphatic hydroxyl groups is 1. The first kappa shape index (κ1) is 9.99. The van der Waals surface area contributed by atoms with Gasteiger partial charge in [0.15, 0.2) is 0 Å². The largest absolute Gasteiger partial charge is 0.486 e. The fraction of sp³-hybridized carbons (Fsp3) is 0.455. The number of benzene rings is 1. The van der Waals surface area contributed by atoms with Crippen molar-refractivity contribution in [3.63, 3.8) is 0 Å². The van der Waals surface area contributed by atoms with E-state index in [1.54, 1.807) is 0 Å². The molecule has 0 unspecified atom stereocenters. The summed E-state index contributed by atoms with van der Waals surface area (Å²) in [7, 11) is 0. The number of fused-ring (bicyclic) bond motifs is 1. The summed E-state index contributed by atoms with van der Waals surface area (Å²) >= 11 is 3.45. The van der Waals surface area contributed by atoms with E-state index in [9.17, 15) is 0 Å². The summed E-state index contributed by atoms with van der Waals surface area (Å²) in [5.74, 6) is 0.923. The normalized spacial score (nSPS) is 17.7. The second kappa shape index (κ2) is 3.24. The molecule has 2 rings (SSSR count). The van der Waals surface area contributed by atoms with Gasteiger partial charge in [0, 0.05) is 6.42 Å². The van der Waals surface area contributed by atoms with Crippen molar-refractivity contribution < 1.29 is 9.84 Å². The molecule has 3 heteroatoms. The Morgan fingerprint density at radius 1 is 1.50 bits per heavy atom. The summed E-state index contributed by atoms with van der Waals surface area (Å²) in [6, 6.07) is 3.91. The van der Waals surface area contributed by atoms with Crippen LogP contribution in [0.15, 0.2) is 16.6 Å². The summed E-state index contributed by atoms with van der Waals surface area (Å²) in [6.45, 7) is 4.21. The van der Waals surface area contributed by atoms with Crippen molar-refractivity contribution in [3.8, 4) is 5.75 Å². The third-order valence-corrected chi connectivity index (χ3v) is 2.95. The highest BCUT2D eigenvalue weighted by molar-refractivity contribution is 9.10. The Labute approximate surface area is 92.0 Å². The molecular weight excluding hydrogens is 244 g/mol. The first-order chi connectivity index (χ1) is 6.52. The van der Waals surface area contributed by atoms with E-state index in [1.165, 1.54) is 5.56 Å². The van der Waals surface area contributed by atoms with E-state index in [0.717, 1.165) is 22.2 Å². The van der Waals surface area contributed by atoms with Crippen LogP contribution in [-0.2, 0) is 13.0 Å². The SMILES string of the molecule is CC1(C)Cc2cc(CO)cc(Br)c2O1. The van der Waals surface area contributed by atoms with Crippen molar-refractivity contribution in [2.45, 2.75) is 32.5 Å². The van der Waals surface area contributed by atoms with E-state index in [1.807, 2.05) is 12.1 Å². The van der Waals surface area contributed by atoms with E-state index in [4.69, 9.17) is 9.84 Å². The molecule has 1 aliphatic heterocycles. The molecule has 76 valence electrons. The van der Waals surface area contributed by atoms with Gasteiger partial charge in [-0.1, -0.05) is 0 Å². The summed E-state index contributed by atoms with van der Waals surface area (Å²) < 4.78 is 6.73. The number of hydrogen-bond acceptors (Lipinski definition) is 2. The highest BCUT2D eigenvalue weighted by atomic mass is 79.9. The van der Waals surface area contributed by atoms with E-state index in [0.29, 0.717) is 0 Å². The average molecular weight is 257 g/mol. The van der Waals surface area contributed by atoms with E-state index < -0.39 is 0 Å². The number of aliphatic hydroxyl groups excluding tert-OH is 1. The van der Waals surface area contributed by atoms with Crippen LogP contribution in [-0.4, -0.2) is 10.7 Å². The van der Waals surface area contributed by atoms with Crippen LogP contribution < -0.4 is 4.74 Å². The quantitative estimate of drug-likeness (QED) is 0.838. The lowest BCUT2D eigenvalue weighted by Gasteiger charge is -2.17. The molecule has 1 aromatic carbocycles. The molecule has 0 bridgehead atoms. The van der Waals surface area contributed by atoms with E-state index in [2.05, 4.69) is 29.8 Å². The Hall–Kier alpha value is -0.540. The highest BCUT2D eigenvalue weighted by Crippen LogP contribution is 2.40. The number of rotatable bonds is 1. The number of halogens is 1. The van der Waals surface area contributed by atoms with Gasteiger partial charge in [-0.05, 0) is 53.0 Å². The van der Waals surface area contributed by atoms with Crippen LogP contribution in [0.4, 0.5) is 0 Å². The van der Waals surface area contributed by atoms with Crippen molar-refractivity contribution >= 4 is 15.9 Å². The standard InChI is InChI=1S/C11H13BrO2/c1-11(2)5-8-3-7(6-13)4-9(12)10(8)14-11/h3-4,13H,5-6H2,1-2H3. The molecule has 0 aliphatic carbocycles. The molecular formula is C11H13BrO2. The van der Waals surface area contributed by atoms with Crippen LogP contribution in [0.5, 0.6) is 5.75 Å². The van der Waals surface area contributed by atoms with Gasteiger partial charge in [-0.15, -0.1) is 0 Å². The van der Waals surface area contributed by atoms with Gasteiger partial charge in [0.1, 0.15) is 11.4 Å². The van der Waals surface area contributed by atoms with Crippen LogP contribution in [0.3, 0.4) is 0 Å². The second-order valence-corrected chi connectivity index (χ2v) is 5.12. The maximum Gasteiger partial charge on any atom is 0.137 e. The minimum atomic E-state index is -0.126. The molecule has 0 saturated heterocycles.